The number of ether oxygens (including phenoxy) is 1. The zero-order valence-corrected chi connectivity index (χ0v) is 11.6. The lowest BCUT2D eigenvalue weighted by Gasteiger charge is -2.39. The fraction of sp³-hybridized carbons (Fsp3) is 0.571. The quantitative estimate of drug-likeness (QED) is 0.367. The van der Waals surface area contributed by atoms with Crippen LogP contribution in [-0.2, 0) is 4.74 Å². The number of nitrogens with zero attached hydrogens (tertiary/aromatic N) is 3. The molecule has 1 aromatic rings. The molecule has 0 bridgehead atoms. The van der Waals surface area contributed by atoms with E-state index in [-0.39, 0.29) is 11.9 Å². The highest BCUT2D eigenvalue weighted by molar-refractivity contribution is 6.01. The van der Waals surface area contributed by atoms with Gasteiger partial charge in [0.05, 0.1) is 24.3 Å². The van der Waals surface area contributed by atoms with Crippen molar-refractivity contribution >= 4 is 11.7 Å². The largest absolute Gasteiger partial charge is 0.409 e. The van der Waals surface area contributed by atoms with Crippen molar-refractivity contribution in [3.05, 3.63) is 23.4 Å². The first kappa shape index (κ1) is 13.2. The van der Waals surface area contributed by atoms with E-state index in [1.807, 2.05) is 19.1 Å². The van der Waals surface area contributed by atoms with Gasteiger partial charge in [0.25, 0.3) is 0 Å². The van der Waals surface area contributed by atoms with E-state index in [0.717, 1.165) is 30.9 Å². The van der Waals surface area contributed by atoms with E-state index >= 15 is 0 Å². The van der Waals surface area contributed by atoms with Gasteiger partial charge < -0.3 is 20.6 Å². The van der Waals surface area contributed by atoms with Crippen molar-refractivity contribution in [2.45, 2.75) is 38.3 Å². The summed E-state index contributed by atoms with van der Waals surface area (Å²) in [5.74, 6) is 0.911. The highest BCUT2D eigenvalue weighted by Gasteiger charge is 2.37. The van der Waals surface area contributed by atoms with Crippen molar-refractivity contribution in [3.8, 4) is 0 Å². The second-order valence-electron chi connectivity index (χ2n) is 5.41. The second kappa shape index (κ2) is 5.28. The first-order valence-electron chi connectivity index (χ1n) is 7.04. The Morgan fingerprint density at radius 1 is 1.50 bits per heavy atom. The van der Waals surface area contributed by atoms with Crippen LogP contribution in [0.4, 0.5) is 5.82 Å². The van der Waals surface area contributed by atoms with E-state index in [9.17, 15) is 0 Å². The number of oxime groups is 1. The highest BCUT2D eigenvalue weighted by atomic mass is 16.5. The predicted molar refractivity (Wildman–Crippen MR) is 76.2 cm³/mol. The second-order valence-corrected chi connectivity index (χ2v) is 5.41. The maximum absolute atomic E-state index is 8.96. The van der Waals surface area contributed by atoms with Crippen LogP contribution in [0.15, 0.2) is 17.3 Å². The lowest BCUT2D eigenvalue weighted by Crippen LogP contribution is -2.49. The van der Waals surface area contributed by atoms with Crippen molar-refractivity contribution in [1.29, 1.82) is 0 Å². The first-order chi connectivity index (χ1) is 9.70. The van der Waals surface area contributed by atoms with Crippen molar-refractivity contribution in [2.75, 3.05) is 18.1 Å². The van der Waals surface area contributed by atoms with Gasteiger partial charge in [0.1, 0.15) is 5.82 Å². The number of rotatable bonds is 2. The molecule has 1 saturated carbocycles. The SMILES string of the molecule is Cc1ccc(C(N)=NO)c(N2CCOC3CCCC32)n1. The fourth-order valence-corrected chi connectivity index (χ4v) is 3.20. The number of pyridine rings is 1. The lowest BCUT2D eigenvalue weighted by molar-refractivity contribution is 0.0253. The summed E-state index contributed by atoms with van der Waals surface area (Å²) in [6, 6.07) is 4.10. The average molecular weight is 276 g/mol. The molecule has 2 heterocycles. The molecule has 1 aliphatic heterocycles. The monoisotopic (exact) mass is 276 g/mol. The van der Waals surface area contributed by atoms with Crippen LogP contribution < -0.4 is 10.6 Å². The maximum atomic E-state index is 8.96. The minimum Gasteiger partial charge on any atom is -0.409 e. The van der Waals surface area contributed by atoms with Crippen LogP contribution in [0.5, 0.6) is 0 Å². The van der Waals surface area contributed by atoms with Gasteiger partial charge in [-0.15, -0.1) is 0 Å². The number of fused-ring (bicyclic) bond motifs is 1. The molecule has 1 saturated heterocycles. The topological polar surface area (TPSA) is 84.0 Å². The van der Waals surface area contributed by atoms with Gasteiger partial charge in [-0.2, -0.15) is 0 Å². The predicted octanol–water partition coefficient (Wildman–Crippen LogP) is 1.24. The summed E-state index contributed by atoms with van der Waals surface area (Å²) in [5.41, 5.74) is 7.40. The number of amidine groups is 1. The number of aryl methyl sites for hydroxylation is 1. The Kier molecular flexibility index (Phi) is 3.48. The third kappa shape index (κ3) is 2.20. The third-order valence-corrected chi connectivity index (χ3v) is 4.15. The molecule has 2 atom stereocenters. The standard InChI is InChI=1S/C14H20N4O2/c1-9-5-6-10(13(15)17-19)14(16-9)18-7-8-20-12-4-2-3-11(12)18/h5-6,11-12,19H,2-4,7-8H2,1H3,(H2,15,17). The van der Waals surface area contributed by atoms with Crippen molar-refractivity contribution in [1.82, 2.24) is 4.98 Å². The first-order valence-corrected chi connectivity index (χ1v) is 7.04. The smallest absolute Gasteiger partial charge is 0.173 e. The summed E-state index contributed by atoms with van der Waals surface area (Å²) < 4.78 is 5.83. The van der Waals surface area contributed by atoms with Gasteiger partial charge in [-0.05, 0) is 38.3 Å². The van der Waals surface area contributed by atoms with E-state index in [1.165, 1.54) is 6.42 Å². The molecule has 2 fully saturated rings. The molecule has 6 nitrogen and oxygen atoms in total. The fourth-order valence-electron chi connectivity index (χ4n) is 3.20. The minimum absolute atomic E-state index is 0.105. The highest BCUT2D eigenvalue weighted by Crippen LogP contribution is 2.33. The van der Waals surface area contributed by atoms with Gasteiger partial charge in [-0.25, -0.2) is 4.98 Å². The van der Waals surface area contributed by atoms with Gasteiger partial charge in [-0.1, -0.05) is 5.16 Å². The van der Waals surface area contributed by atoms with E-state index in [4.69, 9.17) is 15.7 Å². The molecule has 20 heavy (non-hydrogen) atoms. The van der Waals surface area contributed by atoms with E-state index in [1.54, 1.807) is 0 Å². The van der Waals surface area contributed by atoms with Gasteiger partial charge in [0.2, 0.25) is 0 Å². The zero-order valence-electron chi connectivity index (χ0n) is 11.6. The van der Waals surface area contributed by atoms with Crippen LogP contribution in [0, 0.1) is 6.92 Å². The summed E-state index contributed by atoms with van der Waals surface area (Å²) in [4.78, 5) is 6.89. The number of nitrogens with two attached hydrogens (primary N) is 1. The van der Waals surface area contributed by atoms with E-state index in [0.29, 0.717) is 18.2 Å². The van der Waals surface area contributed by atoms with Crippen LogP contribution in [-0.4, -0.2) is 41.3 Å². The van der Waals surface area contributed by atoms with Gasteiger partial charge in [0, 0.05) is 12.2 Å². The normalized spacial score (nSPS) is 26.6. The molecule has 2 unspecified atom stereocenters. The summed E-state index contributed by atoms with van der Waals surface area (Å²) in [7, 11) is 0. The van der Waals surface area contributed by atoms with Crippen LogP contribution >= 0.6 is 0 Å². The average Bonchev–Trinajstić information content (AvgIpc) is 2.94. The molecule has 108 valence electrons. The van der Waals surface area contributed by atoms with Gasteiger partial charge in [0.15, 0.2) is 5.84 Å². The number of morpholine rings is 1. The van der Waals surface area contributed by atoms with Crippen molar-refractivity contribution in [3.63, 3.8) is 0 Å². The minimum atomic E-state index is 0.105. The summed E-state index contributed by atoms with van der Waals surface area (Å²) in [6.45, 7) is 3.45. The number of hydrogen-bond donors (Lipinski definition) is 2. The summed E-state index contributed by atoms with van der Waals surface area (Å²) >= 11 is 0. The lowest BCUT2D eigenvalue weighted by atomic mass is 10.1. The molecule has 3 rings (SSSR count). The Morgan fingerprint density at radius 2 is 2.35 bits per heavy atom. The van der Waals surface area contributed by atoms with Gasteiger partial charge in [-0.3, -0.25) is 0 Å². The molecule has 0 aromatic carbocycles. The molecule has 1 aliphatic carbocycles. The Bertz CT molecular complexity index is 532. The Balaban J connectivity index is 2.01. The molecule has 0 spiro atoms. The Morgan fingerprint density at radius 3 is 3.15 bits per heavy atom. The molecule has 1 aromatic heterocycles. The van der Waals surface area contributed by atoms with Crippen LogP contribution in [0.3, 0.4) is 0 Å². The van der Waals surface area contributed by atoms with Crippen molar-refractivity contribution in [2.24, 2.45) is 10.9 Å². The number of hydrogen-bond acceptors (Lipinski definition) is 5. The Hall–Kier alpha value is -1.82. The maximum Gasteiger partial charge on any atom is 0.173 e. The summed E-state index contributed by atoms with van der Waals surface area (Å²) in [6.07, 6.45) is 3.67. The molecule has 0 amide bonds. The van der Waals surface area contributed by atoms with Crippen molar-refractivity contribution < 1.29 is 9.94 Å². The molecular weight excluding hydrogens is 256 g/mol. The molecule has 2 aliphatic rings. The van der Waals surface area contributed by atoms with E-state index in [2.05, 4.69) is 15.0 Å². The summed E-state index contributed by atoms with van der Waals surface area (Å²) in [5, 5.41) is 12.1. The van der Waals surface area contributed by atoms with Crippen LogP contribution in [0.25, 0.3) is 0 Å². The number of aromatic nitrogens is 1. The zero-order chi connectivity index (χ0) is 14.1. The van der Waals surface area contributed by atoms with Crippen LogP contribution in [0.2, 0.25) is 0 Å². The molecular formula is C14H20N4O2. The number of anilines is 1. The van der Waals surface area contributed by atoms with E-state index < -0.39 is 0 Å². The third-order valence-electron chi connectivity index (χ3n) is 4.15. The van der Waals surface area contributed by atoms with Crippen LogP contribution in [0.1, 0.15) is 30.5 Å². The Labute approximate surface area is 118 Å². The molecule has 3 N–H and O–H groups in total. The molecule has 6 heteroatoms. The van der Waals surface area contributed by atoms with Gasteiger partial charge >= 0.3 is 0 Å². The molecule has 0 radical (unpaired) electrons.